The Kier molecular flexibility index (Phi) is 6.83. The lowest BCUT2D eigenvalue weighted by atomic mass is 9.94. The van der Waals surface area contributed by atoms with Gasteiger partial charge in [0.25, 0.3) is 0 Å². The van der Waals surface area contributed by atoms with E-state index < -0.39 is 5.97 Å². The molecule has 1 rings (SSSR count). The number of piperidine rings is 1. The second-order valence-electron chi connectivity index (χ2n) is 5.18. The lowest BCUT2D eigenvalue weighted by Gasteiger charge is -2.31. The van der Waals surface area contributed by atoms with Crippen LogP contribution in [-0.4, -0.2) is 47.5 Å². The van der Waals surface area contributed by atoms with E-state index in [1.54, 1.807) is 4.90 Å². The number of hydrogen-bond donors (Lipinski definition) is 3. The highest BCUT2D eigenvalue weighted by molar-refractivity contribution is 5.74. The number of aliphatic carboxylic acids is 1. The van der Waals surface area contributed by atoms with Crippen LogP contribution in [0, 0.1) is 5.92 Å². The number of urea groups is 1. The van der Waals surface area contributed by atoms with Gasteiger partial charge in [0.05, 0.1) is 0 Å². The first kappa shape index (κ1) is 16.3. The van der Waals surface area contributed by atoms with Gasteiger partial charge in [-0.25, -0.2) is 4.79 Å². The van der Waals surface area contributed by atoms with Gasteiger partial charge in [0, 0.05) is 32.5 Å². The molecule has 0 aromatic carbocycles. The van der Waals surface area contributed by atoms with Crippen molar-refractivity contribution in [3.05, 3.63) is 0 Å². The smallest absolute Gasteiger partial charge is 0.317 e. The summed E-state index contributed by atoms with van der Waals surface area (Å²) in [5.41, 5.74) is 5.02. The van der Waals surface area contributed by atoms with Crippen LogP contribution in [0.3, 0.4) is 0 Å². The largest absolute Gasteiger partial charge is 0.481 e. The van der Waals surface area contributed by atoms with Crippen LogP contribution in [0.2, 0.25) is 0 Å². The van der Waals surface area contributed by atoms with Gasteiger partial charge in [-0.3, -0.25) is 9.59 Å². The topological polar surface area (TPSA) is 113 Å². The van der Waals surface area contributed by atoms with E-state index in [1.807, 2.05) is 0 Å². The molecule has 1 fully saturated rings. The van der Waals surface area contributed by atoms with Gasteiger partial charge in [-0.15, -0.1) is 0 Å². The minimum absolute atomic E-state index is 0.113. The molecule has 3 amide bonds. The third-order valence-corrected chi connectivity index (χ3v) is 3.49. The van der Waals surface area contributed by atoms with Crippen LogP contribution >= 0.6 is 0 Å². The third kappa shape index (κ3) is 6.40. The van der Waals surface area contributed by atoms with Crippen molar-refractivity contribution in [2.75, 3.05) is 19.6 Å². The molecule has 0 unspecified atom stereocenters. The van der Waals surface area contributed by atoms with E-state index in [9.17, 15) is 14.4 Å². The molecule has 1 aliphatic heterocycles. The van der Waals surface area contributed by atoms with Crippen molar-refractivity contribution in [1.29, 1.82) is 0 Å². The molecule has 0 saturated carbocycles. The van der Waals surface area contributed by atoms with Gasteiger partial charge < -0.3 is 21.1 Å². The number of carboxylic acid groups (broad SMARTS) is 1. The van der Waals surface area contributed by atoms with Gasteiger partial charge in [0.2, 0.25) is 5.91 Å². The summed E-state index contributed by atoms with van der Waals surface area (Å²) in [7, 11) is 0. The second kappa shape index (κ2) is 8.39. The van der Waals surface area contributed by atoms with Crippen LogP contribution in [0.15, 0.2) is 0 Å². The predicted molar refractivity (Wildman–Crippen MR) is 73.0 cm³/mol. The Morgan fingerprint density at radius 3 is 2.40 bits per heavy atom. The highest BCUT2D eigenvalue weighted by Crippen LogP contribution is 2.20. The normalized spacial score (nSPS) is 15.9. The van der Waals surface area contributed by atoms with E-state index in [4.69, 9.17) is 10.8 Å². The molecule has 0 aliphatic carbocycles. The SMILES string of the molecule is NC(=O)CCCCNC(=O)N1CCC(CC(=O)O)CC1. The molecule has 114 valence electrons. The molecule has 0 bridgehead atoms. The number of amides is 3. The highest BCUT2D eigenvalue weighted by atomic mass is 16.4. The maximum absolute atomic E-state index is 11.8. The van der Waals surface area contributed by atoms with Crippen LogP contribution in [0.25, 0.3) is 0 Å². The number of likely N-dealkylation sites (tertiary alicyclic amines) is 1. The number of carbonyl (C=O) groups excluding carboxylic acids is 2. The molecule has 0 aromatic heterocycles. The lowest BCUT2D eigenvalue weighted by molar-refractivity contribution is -0.138. The van der Waals surface area contributed by atoms with Gasteiger partial charge >= 0.3 is 12.0 Å². The van der Waals surface area contributed by atoms with Gasteiger partial charge in [-0.05, 0) is 31.6 Å². The van der Waals surface area contributed by atoms with Crippen molar-refractivity contribution in [3.63, 3.8) is 0 Å². The van der Waals surface area contributed by atoms with Gasteiger partial charge in [-0.2, -0.15) is 0 Å². The number of hydrogen-bond acceptors (Lipinski definition) is 3. The lowest BCUT2D eigenvalue weighted by Crippen LogP contribution is -2.44. The molecule has 20 heavy (non-hydrogen) atoms. The average Bonchev–Trinajstić information content (AvgIpc) is 2.38. The first-order valence-electron chi connectivity index (χ1n) is 7.02. The van der Waals surface area contributed by atoms with Crippen molar-refractivity contribution < 1.29 is 19.5 Å². The van der Waals surface area contributed by atoms with E-state index in [2.05, 4.69) is 5.32 Å². The van der Waals surface area contributed by atoms with Crippen molar-refractivity contribution in [2.24, 2.45) is 11.7 Å². The Morgan fingerprint density at radius 1 is 1.20 bits per heavy atom. The number of nitrogens with zero attached hydrogens (tertiary/aromatic N) is 1. The standard InChI is InChI=1S/C13H23N3O4/c14-11(17)3-1-2-6-15-13(20)16-7-4-10(5-8-16)9-12(18)19/h10H,1-9H2,(H2,14,17)(H,15,20)(H,18,19). The minimum atomic E-state index is -0.776. The van der Waals surface area contributed by atoms with Crippen LogP contribution < -0.4 is 11.1 Å². The minimum Gasteiger partial charge on any atom is -0.481 e. The van der Waals surface area contributed by atoms with Crippen molar-refractivity contribution in [1.82, 2.24) is 10.2 Å². The molecule has 0 radical (unpaired) electrons. The van der Waals surface area contributed by atoms with E-state index in [1.165, 1.54) is 0 Å². The molecule has 0 atom stereocenters. The number of rotatable bonds is 7. The Balaban J connectivity index is 2.13. The molecule has 7 heteroatoms. The van der Waals surface area contributed by atoms with Crippen LogP contribution in [0.1, 0.15) is 38.5 Å². The number of primary amides is 1. The van der Waals surface area contributed by atoms with Gasteiger partial charge in [0.15, 0.2) is 0 Å². The summed E-state index contributed by atoms with van der Waals surface area (Å²) in [6.45, 7) is 1.73. The quantitative estimate of drug-likeness (QED) is 0.592. The summed E-state index contributed by atoms with van der Waals surface area (Å²) < 4.78 is 0. The molecule has 4 N–H and O–H groups in total. The fourth-order valence-corrected chi connectivity index (χ4v) is 2.32. The number of carbonyl (C=O) groups is 3. The Labute approximate surface area is 118 Å². The van der Waals surface area contributed by atoms with Crippen LogP contribution in [0.5, 0.6) is 0 Å². The number of unbranched alkanes of at least 4 members (excludes halogenated alkanes) is 1. The van der Waals surface area contributed by atoms with Crippen molar-refractivity contribution >= 4 is 17.9 Å². The summed E-state index contributed by atoms with van der Waals surface area (Å²) in [6.07, 6.45) is 3.41. The summed E-state index contributed by atoms with van der Waals surface area (Å²) in [4.78, 5) is 34.7. The fourth-order valence-electron chi connectivity index (χ4n) is 2.32. The zero-order chi connectivity index (χ0) is 15.0. The Morgan fingerprint density at radius 2 is 1.85 bits per heavy atom. The summed E-state index contributed by atoms with van der Waals surface area (Å²) in [6, 6.07) is -0.113. The number of nitrogens with two attached hydrogens (primary N) is 1. The Hall–Kier alpha value is -1.79. The molecular formula is C13H23N3O4. The van der Waals surface area contributed by atoms with Gasteiger partial charge in [-0.1, -0.05) is 0 Å². The van der Waals surface area contributed by atoms with Crippen LogP contribution in [0.4, 0.5) is 4.79 Å². The average molecular weight is 285 g/mol. The van der Waals surface area contributed by atoms with Crippen molar-refractivity contribution in [2.45, 2.75) is 38.5 Å². The van der Waals surface area contributed by atoms with E-state index in [0.29, 0.717) is 32.5 Å². The zero-order valence-corrected chi connectivity index (χ0v) is 11.6. The predicted octanol–water partition coefficient (Wildman–Crippen LogP) is 0.538. The molecule has 1 heterocycles. The zero-order valence-electron chi connectivity index (χ0n) is 11.6. The number of carboxylic acids is 1. The molecular weight excluding hydrogens is 262 g/mol. The van der Waals surface area contributed by atoms with Crippen LogP contribution in [-0.2, 0) is 9.59 Å². The Bertz CT molecular complexity index is 352. The summed E-state index contributed by atoms with van der Waals surface area (Å²) in [5.74, 6) is -0.925. The maximum Gasteiger partial charge on any atom is 0.317 e. The van der Waals surface area contributed by atoms with E-state index >= 15 is 0 Å². The first-order valence-corrected chi connectivity index (χ1v) is 7.02. The van der Waals surface area contributed by atoms with Gasteiger partial charge in [0.1, 0.15) is 0 Å². The monoisotopic (exact) mass is 285 g/mol. The first-order chi connectivity index (χ1) is 9.49. The molecule has 7 nitrogen and oxygen atoms in total. The molecule has 0 aromatic rings. The van der Waals surface area contributed by atoms with E-state index in [-0.39, 0.29) is 24.3 Å². The molecule has 1 aliphatic rings. The summed E-state index contributed by atoms with van der Waals surface area (Å²) >= 11 is 0. The van der Waals surface area contributed by atoms with E-state index in [0.717, 1.165) is 19.3 Å². The molecule has 1 saturated heterocycles. The molecule has 0 spiro atoms. The second-order valence-corrected chi connectivity index (χ2v) is 5.18. The number of nitrogens with one attached hydrogen (secondary N) is 1. The third-order valence-electron chi connectivity index (χ3n) is 3.49. The summed E-state index contributed by atoms with van der Waals surface area (Å²) in [5, 5.41) is 11.5. The fraction of sp³-hybridized carbons (Fsp3) is 0.769. The highest BCUT2D eigenvalue weighted by Gasteiger charge is 2.23. The van der Waals surface area contributed by atoms with Crippen molar-refractivity contribution in [3.8, 4) is 0 Å². The maximum atomic E-state index is 11.8.